The molecule has 0 fully saturated rings. The summed E-state index contributed by atoms with van der Waals surface area (Å²) < 4.78 is 7.25. The van der Waals surface area contributed by atoms with Gasteiger partial charge in [-0.1, -0.05) is 75.6 Å². The normalized spacial score (nSPS) is 11.8. The average molecular weight is 513 g/mol. The number of carbonyl (C=O) groups is 1. The van der Waals surface area contributed by atoms with Gasteiger partial charge in [0, 0.05) is 12.2 Å². The number of nitrogens with one attached hydrogen (secondary N) is 1. The molecule has 1 N–H and O–H groups in total. The van der Waals surface area contributed by atoms with Crippen LogP contribution in [-0.4, -0.2) is 34.1 Å². The molecule has 1 atom stereocenters. The molecular weight excluding hydrogens is 476 g/mol. The van der Waals surface area contributed by atoms with Gasteiger partial charge in [0.15, 0.2) is 0 Å². The number of fused-ring (bicyclic) bond motifs is 1. The number of urea groups is 1. The van der Waals surface area contributed by atoms with E-state index in [1.165, 1.54) is 0 Å². The van der Waals surface area contributed by atoms with E-state index in [-0.39, 0.29) is 11.6 Å². The SMILES string of the molecule is CCCCCCN(C(=O)Nc1ccccc1)C(CC)c1nc2ccccc2c(=O)n1-c1ccccc1OC. The van der Waals surface area contributed by atoms with Crippen LogP contribution < -0.4 is 15.6 Å². The molecule has 0 spiro atoms. The summed E-state index contributed by atoms with van der Waals surface area (Å²) in [6, 6.07) is 23.5. The van der Waals surface area contributed by atoms with Gasteiger partial charge in [-0.2, -0.15) is 0 Å². The molecule has 3 aromatic carbocycles. The maximum atomic E-state index is 14.0. The number of hydrogen-bond acceptors (Lipinski definition) is 4. The summed E-state index contributed by atoms with van der Waals surface area (Å²) in [5.74, 6) is 1.07. The van der Waals surface area contributed by atoms with E-state index in [1.54, 1.807) is 17.7 Å². The molecule has 0 aliphatic heterocycles. The fourth-order valence-electron chi connectivity index (χ4n) is 4.79. The number of carbonyl (C=O) groups excluding carboxylic acids is 1. The van der Waals surface area contributed by atoms with Crippen LogP contribution in [0.1, 0.15) is 57.8 Å². The Kier molecular flexibility index (Phi) is 9.14. The first-order valence-corrected chi connectivity index (χ1v) is 13.4. The first-order valence-electron chi connectivity index (χ1n) is 13.4. The van der Waals surface area contributed by atoms with Gasteiger partial charge < -0.3 is 15.0 Å². The molecule has 0 radical (unpaired) electrons. The zero-order valence-corrected chi connectivity index (χ0v) is 22.4. The third-order valence-corrected chi connectivity index (χ3v) is 6.73. The third-order valence-electron chi connectivity index (χ3n) is 6.73. The van der Waals surface area contributed by atoms with Crippen molar-refractivity contribution in [2.75, 3.05) is 19.0 Å². The average Bonchev–Trinajstić information content (AvgIpc) is 2.95. The fraction of sp³-hybridized carbons (Fsp3) is 0.323. The van der Waals surface area contributed by atoms with Gasteiger partial charge in [0.2, 0.25) is 0 Å². The first kappa shape index (κ1) is 26.9. The minimum absolute atomic E-state index is 0.192. The van der Waals surface area contributed by atoms with Crippen molar-refractivity contribution in [2.45, 2.75) is 52.0 Å². The van der Waals surface area contributed by atoms with Crippen LogP contribution in [0, 0.1) is 0 Å². The van der Waals surface area contributed by atoms with Crippen molar-refractivity contribution in [3.8, 4) is 11.4 Å². The Labute approximate surface area is 224 Å². The maximum Gasteiger partial charge on any atom is 0.322 e. The van der Waals surface area contributed by atoms with E-state index >= 15 is 0 Å². The van der Waals surface area contributed by atoms with Gasteiger partial charge in [0.25, 0.3) is 5.56 Å². The van der Waals surface area contributed by atoms with Crippen LogP contribution in [0.5, 0.6) is 5.75 Å². The molecular formula is C31H36N4O3. The quantitative estimate of drug-likeness (QED) is 0.220. The molecule has 0 bridgehead atoms. The number of nitrogens with zero attached hydrogens (tertiary/aromatic N) is 3. The molecule has 198 valence electrons. The number of ether oxygens (including phenoxy) is 1. The van der Waals surface area contributed by atoms with Crippen molar-refractivity contribution >= 4 is 22.6 Å². The molecule has 1 unspecified atom stereocenters. The molecule has 0 saturated heterocycles. The lowest BCUT2D eigenvalue weighted by Crippen LogP contribution is -2.41. The number of para-hydroxylation sites is 4. The minimum Gasteiger partial charge on any atom is -0.495 e. The van der Waals surface area contributed by atoms with E-state index in [1.807, 2.05) is 84.6 Å². The Balaban J connectivity index is 1.87. The predicted molar refractivity (Wildman–Crippen MR) is 153 cm³/mol. The largest absolute Gasteiger partial charge is 0.495 e. The van der Waals surface area contributed by atoms with Gasteiger partial charge >= 0.3 is 6.03 Å². The van der Waals surface area contributed by atoms with Gasteiger partial charge in [-0.25, -0.2) is 9.78 Å². The highest BCUT2D eigenvalue weighted by Crippen LogP contribution is 2.30. The van der Waals surface area contributed by atoms with Crippen molar-refractivity contribution in [3.63, 3.8) is 0 Å². The number of amides is 2. The molecule has 4 aromatic rings. The van der Waals surface area contributed by atoms with Crippen LogP contribution in [0.4, 0.5) is 10.5 Å². The van der Waals surface area contributed by atoms with E-state index in [0.29, 0.717) is 41.1 Å². The third kappa shape index (κ3) is 5.88. The highest BCUT2D eigenvalue weighted by molar-refractivity contribution is 5.89. The number of hydrogen-bond donors (Lipinski definition) is 1. The number of aromatic nitrogens is 2. The summed E-state index contributed by atoms with van der Waals surface area (Å²) in [5, 5.41) is 3.56. The summed E-state index contributed by atoms with van der Waals surface area (Å²) >= 11 is 0. The Morgan fingerprint density at radius 3 is 2.39 bits per heavy atom. The van der Waals surface area contributed by atoms with E-state index in [4.69, 9.17) is 9.72 Å². The van der Waals surface area contributed by atoms with Crippen LogP contribution in [0.2, 0.25) is 0 Å². The predicted octanol–water partition coefficient (Wildman–Crippen LogP) is 6.96. The van der Waals surface area contributed by atoms with E-state index in [9.17, 15) is 9.59 Å². The Hall–Kier alpha value is -4.13. The number of benzene rings is 3. The number of rotatable bonds is 11. The molecule has 2 amide bonds. The Morgan fingerprint density at radius 2 is 1.66 bits per heavy atom. The second kappa shape index (κ2) is 12.9. The van der Waals surface area contributed by atoms with Crippen LogP contribution in [0.3, 0.4) is 0 Å². The molecule has 4 rings (SSSR count). The van der Waals surface area contributed by atoms with E-state index in [0.717, 1.165) is 31.4 Å². The summed E-state index contributed by atoms with van der Waals surface area (Å²) in [6.07, 6.45) is 4.67. The fourth-order valence-corrected chi connectivity index (χ4v) is 4.79. The van der Waals surface area contributed by atoms with Crippen molar-refractivity contribution < 1.29 is 9.53 Å². The van der Waals surface area contributed by atoms with Crippen molar-refractivity contribution in [1.82, 2.24) is 14.5 Å². The van der Waals surface area contributed by atoms with Gasteiger partial charge in [-0.15, -0.1) is 0 Å². The van der Waals surface area contributed by atoms with Crippen LogP contribution in [0.15, 0.2) is 83.7 Å². The zero-order valence-electron chi connectivity index (χ0n) is 22.4. The molecule has 1 aromatic heterocycles. The van der Waals surface area contributed by atoms with E-state index in [2.05, 4.69) is 12.2 Å². The molecule has 7 nitrogen and oxygen atoms in total. The Morgan fingerprint density at radius 1 is 0.947 bits per heavy atom. The van der Waals surface area contributed by atoms with Crippen LogP contribution in [0.25, 0.3) is 16.6 Å². The maximum absolute atomic E-state index is 14.0. The summed E-state index contributed by atoms with van der Waals surface area (Å²) in [7, 11) is 1.59. The lowest BCUT2D eigenvalue weighted by atomic mass is 10.1. The molecule has 1 heterocycles. The van der Waals surface area contributed by atoms with E-state index < -0.39 is 6.04 Å². The lowest BCUT2D eigenvalue weighted by molar-refractivity contribution is 0.179. The topological polar surface area (TPSA) is 76.5 Å². The van der Waals surface area contributed by atoms with Gasteiger partial charge in [0.1, 0.15) is 11.6 Å². The van der Waals surface area contributed by atoms with Crippen LogP contribution >= 0.6 is 0 Å². The second-order valence-corrected chi connectivity index (χ2v) is 9.27. The lowest BCUT2D eigenvalue weighted by Gasteiger charge is -2.32. The van der Waals surface area contributed by atoms with Gasteiger partial charge in [-0.05, 0) is 49.2 Å². The van der Waals surface area contributed by atoms with Crippen molar-refractivity contribution in [3.05, 3.63) is 95.0 Å². The standard InChI is InChI=1S/C31H36N4O3/c1-4-6-7-15-22-34(31(37)32-23-16-9-8-10-17-23)26(5-2)29-33-25-19-12-11-18-24(25)30(36)35(29)27-20-13-14-21-28(27)38-3/h8-14,16-21,26H,4-7,15,22H2,1-3H3,(H,32,37). The summed E-state index contributed by atoms with van der Waals surface area (Å²) in [6.45, 7) is 4.74. The highest BCUT2D eigenvalue weighted by Gasteiger charge is 2.29. The van der Waals surface area contributed by atoms with Crippen molar-refractivity contribution in [2.24, 2.45) is 0 Å². The minimum atomic E-state index is -0.442. The molecule has 0 aliphatic carbocycles. The highest BCUT2D eigenvalue weighted by atomic mass is 16.5. The smallest absolute Gasteiger partial charge is 0.322 e. The first-order chi connectivity index (χ1) is 18.6. The molecule has 38 heavy (non-hydrogen) atoms. The molecule has 0 saturated carbocycles. The van der Waals surface area contributed by atoms with Crippen molar-refractivity contribution in [1.29, 1.82) is 0 Å². The van der Waals surface area contributed by atoms with Crippen LogP contribution in [-0.2, 0) is 0 Å². The van der Waals surface area contributed by atoms with Gasteiger partial charge in [0.05, 0.1) is 29.7 Å². The second-order valence-electron chi connectivity index (χ2n) is 9.27. The zero-order chi connectivity index (χ0) is 26.9. The number of methoxy groups -OCH3 is 1. The van der Waals surface area contributed by atoms with Gasteiger partial charge in [-0.3, -0.25) is 9.36 Å². The monoisotopic (exact) mass is 512 g/mol. The molecule has 7 heteroatoms. The summed E-state index contributed by atoms with van der Waals surface area (Å²) in [5.41, 5.74) is 1.73. The molecule has 0 aliphatic rings. The number of anilines is 1. The summed E-state index contributed by atoms with van der Waals surface area (Å²) in [4.78, 5) is 34.5. The Bertz CT molecular complexity index is 1420. The number of unbranched alkanes of at least 4 members (excludes halogenated alkanes) is 3.